The number of fused-ring (bicyclic) bond motifs is 1. The van der Waals surface area contributed by atoms with Crippen LogP contribution in [0.15, 0.2) is 72.0 Å². The van der Waals surface area contributed by atoms with E-state index in [1.165, 1.54) is 6.21 Å². The fourth-order valence-corrected chi connectivity index (χ4v) is 2.90. The average Bonchev–Trinajstić information content (AvgIpc) is 3.16. The molecule has 0 spiro atoms. The fourth-order valence-electron chi connectivity index (χ4n) is 2.90. The Morgan fingerprint density at radius 1 is 1.17 bits per heavy atom. The van der Waals surface area contributed by atoms with Crippen LogP contribution < -0.4 is 10.2 Å². The molecule has 1 amide bonds. The Bertz CT molecular complexity index is 1150. The fraction of sp³-hybridized carbons (Fsp3) is 0.0909. The van der Waals surface area contributed by atoms with Crippen LogP contribution in [-0.4, -0.2) is 34.2 Å². The van der Waals surface area contributed by atoms with Gasteiger partial charge in [-0.25, -0.2) is 10.4 Å². The van der Waals surface area contributed by atoms with Crippen LogP contribution in [0.3, 0.4) is 0 Å². The first-order valence-electron chi connectivity index (χ1n) is 9.07. The molecule has 2 aromatic carbocycles. The number of amides is 1. The SMILES string of the molecule is COc1ccc(Cc2nc3ccc(C(=O)N/N=C\c4ccccn4)cc3[nH]2)cc1. The maximum absolute atomic E-state index is 12.3. The van der Waals surface area contributed by atoms with E-state index in [1.807, 2.05) is 42.5 Å². The van der Waals surface area contributed by atoms with E-state index < -0.39 is 0 Å². The number of benzene rings is 2. The van der Waals surface area contributed by atoms with Crippen molar-refractivity contribution in [3.8, 4) is 5.75 Å². The summed E-state index contributed by atoms with van der Waals surface area (Å²) in [4.78, 5) is 24.3. The molecule has 0 bridgehead atoms. The van der Waals surface area contributed by atoms with Crippen LogP contribution in [0.4, 0.5) is 0 Å². The van der Waals surface area contributed by atoms with Crippen molar-refractivity contribution in [1.82, 2.24) is 20.4 Å². The van der Waals surface area contributed by atoms with Gasteiger partial charge in [-0.05, 0) is 48.0 Å². The highest BCUT2D eigenvalue weighted by Crippen LogP contribution is 2.18. The van der Waals surface area contributed by atoms with E-state index in [1.54, 1.807) is 31.5 Å². The lowest BCUT2D eigenvalue weighted by molar-refractivity contribution is 0.0955. The van der Waals surface area contributed by atoms with E-state index in [4.69, 9.17) is 4.74 Å². The standard InChI is InChI=1S/C22H19N5O2/c1-29-18-8-5-15(6-9-18)12-21-25-19-10-7-16(13-20(19)26-21)22(28)27-24-14-17-4-2-3-11-23-17/h2-11,13-14H,12H2,1H3,(H,25,26)(H,27,28)/b24-14-. The lowest BCUT2D eigenvalue weighted by atomic mass is 10.1. The largest absolute Gasteiger partial charge is 0.497 e. The van der Waals surface area contributed by atoms with Crippen molar-refractivity contribution >= 4 is 23.2 Å². The summed E-state index contributed by atoms with van der Waals surface area (Å²) in [6.45, 7) is 0. The Labute approximate surface area is 167 Å². The van der Waals surface area contributed by atoms with E-state index in [0.29, 0.717) is 17.7 Å². The van der Waals surface area contributed by atoms with Crippen molar-refractivity contribution in [2.24, 2.45) is 5.10 Å². The molecule has 0 radical (unpaired) electrons. The maximum atomic E-state index is 12.3. The minimum Gasteiger partial charge on any atom is -0.497 e. The lowest BCUT2D eigenvalue weighted by Crippen LogP contribution is -2.17. The number of hydrazone groups is 1. The van der Waals surface area contributed by atoms with Gasteiger partial charge in [-0.2, -0.15) is 5.10 Å². The molecular formula is C22H19N5O2. The molecule has 0 unspecified atom stereocenters. The monoisotopic (exact) mass is 385 g/mol. The predicted molar refractivity (Wildman–Crippen MR) is 111 cm³/mol. The van der Waals surface area contributed by atoms with Crippen LogP contribution in [0.1, 0.15) is 27.4 Å². The number of ether oxygens (including phenoxy) is 1. The molecule has 2 aromatic heterocycles. The molecule has 29 heavy (non-hydrogen) atoms. The molecule has 0 aliphatic rings. The molecule has 0 fully saturated rings. The van der Waals surface area contributed by atoms with Crippen molar-refractivity contribution in [2.45, 2.75) is 6.42 Å². The lowest BCUT2D eigenvalue weighted by Gasteiger charge is -2.01. The maximum Gasteiger partial charge on any atom is 0.271 e. The van der Waals surface area contributed by atoms with Gasteiger partial charge in [0.1, 0.15) is 11.6 Å². The van der Waals surface area contributed by atoms with Crippen LogP contribution in [0, 0.1) is 0 Å². The molecule has 0 saturated heterocycles. The van der Waals surface area contributed by atoms with Gasteiger partial charge in [0.05, 0.1) is 30.1 Å². The molecule has 7 heteroatoms. The van der Waals surface area contributed by atoms with Gasteiger partial charge in [0, 0.05) is 18.2 Å². The molecule has 4 rings (SSSR count). The second-order valence-corrected chi connectivity index (χ2v) is 6.39. The first-order chi connectivity index (χ1) is 14.2. The summed E-state index contributed by atoms with van der Waals surface area (Å²) in [5.74, 6) is 1.35. The topological polar surface area (TPSA) is 92.3 Å². The summed E-state index contributed by atoms with van der Waals surface area (Å²) in [6.07, 6.45) is 3.83. The smallest absolute Gasteiger partial charge is 0.271 e. The Morgan fingerprint density at radius 3 is 2.79 bits per heavy atom. The number of aromatic nitrogens is 3. The highest BCUT2D eigenvalue weighted by Gasteiger charge is 2.09. The summed E-state index contributed by atoms with van der Waals surface area (Å²) in [5, 5.41) is 3.95. The number of hydrogen-bond donors (Lipinski definition) is 2. The van der Waals surface area contributed by atoms with Crippen molar-refractivity contribution in [1.29, 1.82) is 0 Å². The molecule has 4 aromatic rings. The number of methoxy groups -OCH3 is 1. The molecule has 0 saturated carbocycles. The number of nitrogens with zero attached hydrogens (tertiary/aromatic N) is 3. The number of carbonyl (C=O) groups excluding carboxylic acids is 1. The van der Waals surface area contributed by atoms with Crippen LogP contribution in [0.2, 0.25) is 0 Å². The van der Waals surface area contributed by atoms with Gasteiger partial charge in [0.2, 0.25) is 0 Å². The van der Waals surface area contributed by atoms with Crippen LogP contribution in [0.5, 0.6) is 5.75 Å². The van der Waals surface area contributed by atoms with Crippen LogP contribution in [0.25, 0.3) is 11.0 Å². The van der Waals surface area contributed by atoms with Crippen LogP contribution in [-0.2, 0) is 6.42 Å². The first kappa shape index (κ1) is 18.4. The molecule has 0 aliphatic heterocycles. The van der Waals surface area contributed by atoms with Crippen molar-refractivity contribution in [2.75, 3.05) is 7.11 Å². The average molecular weight is 385 g/mol. The van der Waals surface area contributed by atoms with Gasteiger partial charge in [0.25, 0.3) is 5.91 Å². The van der Waals surface area contributed by atoms with Gasteiger partial charge in [-0.1, -0.05) is 18.2 Å². The van der Waals surface area contributed by atoms with Gasteiger partial charge in [-0.15, -0.1) is 0 Å². The molecule has 144 valence electrons. The minimum absolute atomic E-state index is 0.301. The van der Waals surface area contributed by atoms with Gasteiger partial charge < -0.3 is 9.72 Å². The summed E-state index contributed by atoms with van der Waals surface area (Å²) >= 11 is 0. The van der Waals surface area contributed by atoms with E-state index in [-0.39, 0.29) is 5.91 Å². The molecule has 0 atom stereocenters. The van der Waals surface area contributed by atoms with E-state index in [2.05, 4.69) is 25.5 Å². The third-order valence-corrected chi connectivity index (χ3v) is 4.37. The van der Waals surface area contributed by atoms with Crippen LogP contribution >= 0.6 is 0 Å². The van der Waals surface area contributed by atoms with E-state index >= 15 is 0 Å². The van der Waals surface area contributed by atoms with Gasteiger partial charge >= 0.3 is 0 Å². The first-order valence-corrected chi connectivity index (χ1v) is 9.07. The number of H-pyrrole nitrogens is 1. The van der Waals surface area contributed by atoms with Crippen molar-refractivity contribution in [3.05, 3.63) is 89.5 Å². The van der Waals surface area contributed by atoms with E-state index in [9.17, 15) is 4.79 Å². The number of imidazole rings is 1. The summed E-state index contributed by atoms with van der Waals surface area (Å²) in [7, 11) is 1.64. The molecule has 2 heterocycles. The highest BCUT2D eigenvalue weighted by molar-refractivity contribution is 5.97. The third-order valence-electron chi connectivity index (χ3n) is 4.37. The summed E-state index contributed by atoms with van der Waals surface area (Å²) in [5.41, 5.74) is 6.40. The zero-order valence-electron chi connectivity index (χ0n) is 15.8. The second kappa shape index (κ2) is 8.35. The Hall–Kier alpha value is -4.00. The number of nitrogens with one attached hydrogen (secondary N) is 2. The number of rotatable bonds is 6. The number of carbonyl (C=O) groups is 1. The highest BCUT2D eigenvalue weighted by atomic mass is 16.5. The Balaban J connectivity index is 1.45. The Morgan fingerprint density at radius 2 is 2.03 bits per heavy atom. The normalized spacial score (nSPS) is 11.1. The molecular weight excluding hydrogens is 366 g/mol. The summed E-state index contributed by atoms with van der Waals surface area (Å²) in [6, 6.07) is 18.6. The zero-order chi connectivity index (χ0) is 20.1. The molecule has 0 aliphatic carbocycles. The van der Waals surface area contributed by atoms with Crippen molar-refractivity contribution < 1.29 is 9.53 Å². The minimum atomic E-state index is -0.301. The van der Waals surface area contributed by atoms with E-state index in [0.717, 1.165) is 28.2 Å². The number of aromatic amines is 1. The number of hydrogen-bond acceptors (Lipinski definition) is 5. The quantitative estimate of drug-likeness (QED) is 0.393. The zero-order valence-corrected chi connectivity index (χ0v) is 15.8. The predicted octanol–water partition coefficient (Wildman–Crippen LogP) is 3.32. The second-order valence-electron chi connectivity index (χ2n) is 6.39. The van der Waals surface area contributed by atoms with Crippen molar-refractivity contribution in [3.63, 3.8) is 0 Å². The number of pyridine rings is 1. The Kier molecular flexibility index (Phi) is 5.29. The molecule has 2 N–H and O–H groups in total. The third kappa shape index (κ3) is 4.47. The molecule has 7 nitrogen and oxygen atoms in total. The van der Waals surface area contributed by atoms with Gasteiger partial charge in [-0.3, -0.25) is 9.78 Å². The van der Waals surface area contributed by atoms with Gasteiger partial charge in [0.15, 0.2) is 0 Å². The summed E-state index contributed by atoms with van der Waals surface area (Å²) < 4.78 is 5.18.